The molecule has 0 saturated carbocycles. The zero-order chi connectivity index (χ0) is 9.84. The molecule has 68 valence electrons. The van der Waals surface area contributed by atoms with E-state index in [4.69, 9.17) is 0 Å². The summed E-state index contributed by atoms with van der Waals surface area (Å²) in [6.45, 7) is 0. The Labute approximate surface area is 73.3 Å². The van der Waals surface area contributed by atoms with Crippen molar-refractivity contribution in [3.8, 4) is 0 Å². The SMILES string of the molecule is COC(=O)c1ncc(F)cc1C=O. The van der Waals surface area contributed by atoms with E-state index in [1.165, 1.54) is 0 Å². The van der Waals surface area contributed by atoms with E-state index < -0.39 is 11.8 Å². The number of esters is 1. The van der Waals surface area contributed by atoms with E-state index >= 15 is 0 Å². The molecule has 0 aromatic carbocycles. The van der Waals surface area contributed by atoms with E-state index in [9.17, 15) is 14.0 Å². The molecule has 1 heterocycles. The van der Waals surface area contributed by atoms with Crippen LogP contribution in [0.25, 0.3) is 0 Å². The van der Waals surface area contributed by atoms with Crippen LogP contribution in [0.2, 0.25) is 0 Å². The summed E-state index contributed by atoms with van der Waals surface area (Å²) in [5.74, 6) is -1.43. The van der Waals surface area contributed by atoms with Crippen molar-refractivity contribution in [2.45, 2.75) is 0 Å². The number of ether oxygens (including phenoxy) is 1. The number of aromatic nitrogens is 1. The molecule has 0 saturated heterocycles. The number of methoxy groups -OCH3 is 1. The lowest BCUT2D eigenvalue weighted by atomic mass is 10.2. The summed E-state index contributed by atoms with van der Waals surface area (Å²) in [5, 5.41) is 0. The first kappa shape index (κ1) is 9.31. The highest BCUT2D eigenvalue weighted by molar-refractivity contribution is 5.96. The molecule has 5 heteroatoms. The number of hydrogen-bond donors (Lipinski definition) is 0. The van der Waals surface area contributed by atoms with Crippen molar-refractivity contribution in [1.82, 2.24) is 4.98 Å². The molecular formula is C8H6FNO3. The molecular weight excluding hydrogens is 177 g/mol. The van der Waals surface area contributed by atoms with Gasteiger partial charge in [-0.1, -0.05) is 0 Å². The molecule has 0 fully saturated rings. The largest absolute Gasteiger partial charge is 0.464 e. The topological polar surface area (TPSA) is 56.3 Å². The lowest BCUT2D eigenvalue weighted by Gasteiger charge is -2.00. The Kier molecular flexibility index (Phi) is 2.69. The van der Waals surface area contributed by atoms with Crippen molar-refractivity contribution in [3.05, 3.63) is 29.3 Å². The first-order valence-electron chi connectivity index (χ1n) is 3.38. The fourth-order valence-electron chi connectivity index (χ4n) is 0.812. The van der Waals surface area contributed by atoms with Gasteiger partial charge in [0, 0.05) is 0 Å². The number of aldehydes is 1. The highest BCUT2D eigenvalue weighted by atomic mass is 19.1. The first-order chi connectivity index (χ1) is 6.19. The Morgan fingerprint density at radius 1 is 1.69 bits per heavy atom. The molecule has 0 radical (unpaired) electrons. The Balaban J connectivity index is 3.20. The van der Waals surface area contributed by atoms with Crippen LogP contribution in [-0.4, -0.2) is 24.3 Å². The fraction of sp³-hybridized carbons (Fsp3) is 0.125. The van der Waals surface area contributed by atoms with Crippen LogP contribution in [0.3, 0.4) is 0 Å². The highest BCUT2D eigenvalue weighted by Gasteiger charge is 2.13. The van der Waals surface area contributed by atoms with Crippen LogP contribution in [0.15, 0.2) is 12.3 Å². The Morgan fingerprint density at radius 3 is 2.92 bits per heavy atom. The number of rotatable bonds is 2. The van der Waals surface area contributed by atoms with Gasteiger partial charge < -0.3 is 4.74 Å². The molecule has 0 N–H and O–H groups in total. The molecule has 0 atom stereocenters. The Morgan fingerprint density at radius 2 is 2.38 bits per heavy atom. The minimum Gasteiger partial charge on any atom is -0.464 e. The van der Waals surface area contributed by atoms with Gasteiger partial charge in [-0.15, -0.1) is 0 Å². The van der Waals surface area contributed by atoms with Crippen molar-refractivity contribution in [3.63, 3.8) is 0 Å². The molecule has 1 aromatic heterocycles. The molecule has 1 rings (SSSR count). The molecule has 0 spiro atoms. The number of halogens is 1. The molecule has 0 aliphatic rings. The fourth-order valence-corrected chi connectivity index (χ4v) is 0.812. The minimum atomic E-state index is -0.762. The van der Waals surface area contributed by atoms with E-state index in [0.717, 1.165) is 19.4 Å². The van der Waals surface area contributed by atoms with Gasteiger partial charge in [0.15, 0.2) is 12.0 Å². The van der Waals surface area contributed by atoms with Crippen LogP contribution >= 0.6 is 0 Å². The Hall–Kier alpha value is -1.78. The second kappa shape index (κ2) is 3.75. The second-order valence-electron chi connectivity index (χ2n) is 2.20. The van der Waals surface area contributed by atoms with Gasteiger partial charge >= 0.3 is 5.97 Å². The Bertz CT molecular complexity index is 351. The molecule has 0 unspecified atom stereocenters. The summed E-state index contributed by atoms with van der Waals surface area (Å²) in [6.07, 6.45) is 1.20. The number of carbonyl (C=O) groups excluding carboxylic acids is 2. The highest BCUT2D eigenvalue weighted by Crippen LogP contribution is 2.06. The van der Waals surface area contributed by atoms with Gasteiger partial charge in [0.05, 0.1) is 18.9 Å². The molecule has 0 aliphatic heterocycles. The predicted octanol–water partition coefficient (Wildman–Crippen LogP) is 0.820. The van der Waals surface area contributed by atoms with Crippen LogP contribution in [-0.2, 0) is 4.74 Å². The number of nitrogens with zero attached hydrogens (tertiary/aromatic N) is 1. The van der Waals surface area contributed by atoms with Gasteiger partial charge in [0.2, 0.25) is 0 Å². The van der Waals surface area contributed by atoms with E-state index in [1.807, 2.05) is 0 Å². The lowest BCUT2D eigenvalue weighted by Crippen LogP contribution is -2.08. The van der Waals surface area contributed by atoms with Crippen LogP contribution in [0.4, 0.5) is 4.39 Å². The number of pyridine rings is 1. The lowest BCUT2D eigenvalue weighted by molar-refractivity contribution is 0.0591. The van der Waals surface area contributed by atoms with Crippen molar-refractivity contribution in [1.29, 1.82) is 0 Å². The summed E-state index contributed by atoms with van der Waals surface area (Å²) in [6, 6.07) is 0.923. The van der Waals surface area contributed by atoms with Gasteiger partial charge in [-0.25, -0.2) is 14.2 Å². The second-order valence-corrected chi connectivity index (χ2v) is 2.20. The average molecular weight is 183 g/mol. The van der Waals surface area contributed by atoms with Crippen LogP contribution < -0.4 is 0 Å². The van der Waals surface area contributed by atoms with Gasteiger partial charge in [-0.05, 0) is 6.07 Å². The van der Waals surface area contributed by atoms with Crippen molar-refractivity contribution >= 4 is 12.3 Å². The van der Waals surface area contributed by atoms with E-state index in [0.29, 0.717) is 6.29 Å². The molecule has 4 nitrogen and oxygen atoms in total. The van der Waals surface area contributed by atoms with Gasteiger partial charge in [-0.2, -0.15) is 0 Å². The van der Waals surface area contributed by atoms with E-state index in [-0.39, 0.29) is 11.3 Å². The quantitative estimate of drug-likeness (QED) is 0.503. The van der Waals surface area contributed by atoms with E-state index in [2.05, 4.69) is 9.72 Å². The molecule has 0 aliphatic carbocycles. The summed E-state index contributed by atoms with van der Waals surface area (Å²) in [5.41, 5.74) is -0.300. The standard InChI is InChI=1S/C8H6FNO3/c1-13-8(12)7-5(4-11)2-6(9)3-10-7/h2-4H,1H3. The third-order valence-corrected chi connectivity index (χ3v) is 1.39. The number of hydrogen-bond acceptors (Lipinski definition) is 4. The zero-order valence-corrected chi connectivity index (χ0v) is 6.78. The zero-order valence-electron chi connectivity index (χ0n) is 6.78. The summed E-state index contributed by atoms with van der Waals surface area (Å²) in [4.78, 5) is 24.8. The smallest absolute Gasteiger partial charge is 0.357 e. The molecule has 0 bridgehead atoms. The van der Waals surface area contributed by atoms with Crippen molar-refractivity contribution in [2.24, 2.45) is 0 Å². The molecule has 13 heavy (non-hydrogen) atoms. The minimum absolute atomic E-state index is 0.119. The van der Waals surface area contributed by atoms with Crippen LogP contribution in [0.5, 0.6) is 0 Å². The predicted molar refractivity (Wildman–Crippen MR) is 40.9 cm³/mol. The van der Waals surface area contributed by atoms with Gasteiger partial charge in [0.1, 0.15) is 5.82 Å². The van der Waals surface area contributed by atoms with Crippen molar-refractivity contribution in [2.75, 3.05) is 7.11 Å². The summed E-state index contributed by atoms with van der Waals surface area (Å²) < 4.78 is 16.9. The summed E-state index contributed by atoms with van der Waals surface area (Å²) >= 11 is 0. The van der Waals surface area contributed by atoms with Crippen molar-refractivity contribution < 1.29 is 18.7 Å². The normalized spacial score (nSPS) is 9.38. The summed E-state index contributed by atoms with van der Waals surface area (Å²) in [7, 11) is 1.15. The third kappa shape index (κ3) is 1.87. The van der Waals surface area contributed by atoms with Gasteiger partial charge in [-0.3, -0.25) is 4.79 Å². The maximum Gasteiger partial charge on any atom is 0.357 e. The monoisotopic (exact) mass is 183 g/mol. The van der Waals surface area contributed by atoms with Gasteiger partial charge in [0.25, 0.3) is 0 Å². The maximum absolute atomic E-state index is 12.5. The van der Waals surface area contributed by atoms with Crippen LogP contribution in [0, 0.1) is 5.82 Å². The van der Waals surface area contributed by atoms with E-state index in [1.54, 1.807) is 0 Å². The third-order valence-electron chi connectivity index (χ3n) is 1.39. The maximum atomic E-state index is 12.5. The average Bonchev–Trinajstić information content (AvgIpc) is 2.16. The van der Waals surface area contributed by atoms with Crippen LogP contribution in [0.1, 0.15) is 20.8 Å². The molecule has 1 aromatic rings. The number of carbonyl (C=O) groups is 2. The first-order valence-corrected chi connectivity index (χ1v) is 3.38. The molecule has 0 amide bonds.